The Labute approximate surface area is 147 Å². The maximum Gasteiger partial charge on any atom is 0.321 e. The van der Waals surface area contributed by atoms with Gasteiger partial charge in [0.05, 0.1) is 19.1 Å². The molecule has 2 N–H and O–H groups in total. The third-order valence-corrected chi connectivity index (χ3v) is 4.52. The van der Waals surface area contributed by atoms with Crippen LogP contribution in [0, 0.1) is 5.92 Å². The fourth-order valence-corrected chi connectivity index (χ4v) is 2.89. The molecule has 1 saturated heterocycles. The van der Waals surface area contributed by atoms with Gasteiger partial charge in [-0.3, -0.25) is 19.8 Å². The number of hydrogen-bond acceptors (Lipinski definition) is 5. The summed E-state index contributed by atoms with van der Waals surface area (Å²) in [7, 11) is 1.39. The molecule has 1 aliphatic rings. The number of hydrogen-bond donors (Lipinski definition) is 2. The van der Waals surface area contributed by atoms with Crippen molar-refractivity contribution in [3.8, 4) is 0 Å². The number of piperidine rings is 1. The third-order valence-electron chi connectivity index (χ3n) is 4.52. The Morgan fingerprint density at radius 2 is 1.84 bits per heavy atom. The van der Waals surface area contributed by atoms with E-state index in [1.165, 1.54) is 7.11 Å². The highest BCUT2D eigenvalue weighted by Gasteiger charge is 2.30. The van der Waals surface area contributed by atoms with Gasteiger partial charge in [-0.05, 0) is 38.4 Å². The molecule has 0 aromatic heterocycles. The van der Waals surface area contributed by atoms with Crippen LogP contribution in [0.15, 0.2) is 30.3 Å². The highest BCUT2D eigenvalue weighted by Crippen LogP contribution is 2.20. The number of rotatable bonds is 5. The van der Waals surface area contributed by atoms with Crippen LogP contribution in [0.4, 0.5) is 4.79 Å². The first kappa shape index (κ1) is 18.9. The van der Waals surface area contributed by atoms with E-state index in [4.69, 9.17) is 4.74 Å². The van der Waals surface area contributed by atoms with E-state index in [0.29, 0.717) is 32.5 Å². The highest BCUT2D eigenvalue weighted by atomic mass is 16.5. The van der Waals surface area contributed by atoms with Crippen molar-refractivity contribution in [3.63, 3.8) is 0 Å². The lowest BCUT2D eigenvalue weighted by Gasteiger charge is -2.34. The number of amides is 3. The van der Waals surface area contributed by atoms with E-state index in [0.717, 1.165) is 5.56 Å². The van der Waals surface area contributed by atoms with E-state index in [1.54, 1.807) is 6.92 Å². The van der Waals surface area contributed by atoms with E-state index >= 15 is 0 Å². The Balaban J connectivity index is 1.74. The normalized spacial score (nSPS) is 16.7. The van der Waals surface area contributed by atoms with Gasteiger partial charge in [-0.2, -0.15) is 0 Å². The molecular weight excluding hydrogens is 322 g/mol. The molecule has 0 bridgehead atoms. The second kappa shape index (κ2) is 9.17. The summed E-state index contributed by atoms with van der Waals surface area (Å²) in [6, 6.07) is 8.54. The van der Waals surface area contributed by atoms with Crippen LogP contribution in [-0.4, -0.2) is 49.0 Å². The van der Waals surface area contributed by atoms with Crippen molar-refractivity contribution in [1.29, 1.82) is 0 Å². The summed E-state index contributed by atoms with van der Waals surface area (Å²) in [5.74, 6) is -0.648. The third kappa shape index (κ3) is 5.56. The average Bonchev–Trinajstić information content (AvgIpc) is 2.66. The Morgan fingerprint density at radius 1 is 1.20 bits per heavy atom. The minimum Gasteiger partial charge on any atom is -0.469 e. The fraction of sp³-hybridized carbons (Fsp3) is 0.500. The second-order valence-electron chi connectivity index (χ2n) is 6.17. The summed E-state index contributed by atoms with van der Waals surface area (Å²) in [5, 5.41) is 5.04. The van der Waals surface area contributed by atoms with Gasteiger partial charge in [0.25, 0.3) is 0 Å². The van der Waals surface area contributed by atoms with E-state index < -0.39 is 12.1 Å². The van der Waals surface area contributed by atoms with Crippen LogP contribution in [0.3, 0.4) is 0 Å². The van der Waals surface area contributed by atoms with Gasteiger partial charge in [0.2, 0.25) is 5.91 Å². The minimum atomic E-state index is -0.509. The topological polar surface area (TPSA) is 87.7 Å². The number of methoxy groups -OCH3 is 1. The quantitative estimate of drug-likeness (QED) is 0.784. The molecule has 0 unspecified atom stereocenters. The van der Waals surface area contributed by atoms with Crippen LogP contribution >= 0.6 is 0 Å². The molecule has 0 aliphatic carbocycles. The van der Waals surface area contributed by atoms with E-state index in [2.05, 4.69) is 10.6 Å². The zero-order valence-electron chi connectivity index (χ0n) is 14.7. The molecule has 0 spiro atoms. The molecule has 25 heavy (non-hydrogen) atoms. The predicted octanol–water partition coefficient (Wildman–Crippen LogP) is 1.29. The van der Waals surface area contributed by atoms with Crippen LogP contribution in [0.2, 0.25) is 0 Å². The van der Waals surface area contributed by atoms with E-state index in [1.807, 2.05) is 35.2 Å². The van der Waals surface area contributed by atoms with Gasteiger partial charge in [0.15, 0.2) is 0 Å². The first-order valence-corrected chi connectivity index (χ1v) is 8.45. The molecule has 0 saturated carbocycles. The average molecular weight is 347 g/mol. The number of nitrogens with one attached hydrogen (secondary N) is 2. The predicted molar refractivity (Wildman–Crippen MR) is 92.6 cm³/mol. The molecule has 7 nitrogen and oxygen atoms in total. The molecule has 1 aliphatic heterocycles. The maximum atomic E-state index is 12.2. The lowest BCUT2D eigenvalue weighted by molar-refractivity contribution is -0.147. The number of ether oxygens (including phenoxy) is 1. The summed E-state index contributed by atoms with van der Waals surface area (Å²) in [5.41, 5.74) is 0.961. The number of carbonyl (C=O) groups is 3. The van der Waals surface area contributed by atoms with Crippen molar-refractivity contribution in [2.75, 3.05) is 20.2 Å². The van der Waals surface area contributed by atoms with Crippen molar-refractivity contribution in [1.82, 2.24) is 15.5 Å². The number of urea groups is 1. The Kier molecular flexibility index (Phi) is 6.94. The number of carbonyl (C=O) groups excluding carboxylic acids is 3. The number of esters is 1. The van der Waals surface area contributed by atoms with Gasteiger partial charge in [0.1, 0.15) is 0 Å². The van der Waals surface area contributed by atoms with Gasteiger partial charge in [-0.15, -0.1) is 0 Å². The van der Waals surface area contributed by atoms with Crippen LogP contribution in [0.25, 0.3) is 0 Å². The van der Waals surface area contributed by atoms with Crippen molar-refractivity contribution < 1.29 is 19.1 Å². The van der Waals surface area contributed by atoms with Gasteiger partial charge in [-0.1, -0.05) is 30.3 Å². The largest absolute Gasteiger partial charge is 0.469 e. The fourth-order valence-electron chi connectivity index (χ4n) is 2.89. The van der Waals surface area contributed by atoms with Gasteiger partial charge >= 0.3 is 12.0 Å². The zero-order chi connectivity index (χ0) is 18.2. The smallest absolute Gasteiger partial charge is 0.321 e. The molecule has 2 rings (SSSR count). The van der Waals surface area contributed by atoms with E-state index in [-0.39, 0.29) is 17.8 Å². The number of imide groups is 1. The van der Waals surface area contributed by atoms with Crippen molar-refractivity contribution in [2.24, 2.45) is 5.92 Å². The van der Waals surface area contributed by atoms with Gasteiger partial charge < -0.3 is 10.1 Å². The summed E-state index contributed by atoms with van der Waals surface area (Å²) < 4.78 is 4.76. The summed E-state index contributed by atoms with van der Waals surface area (Å²) in [6.07, 6.45) is 1.31. The molecular formula is C18H25N3O4. The SMILES string of the molecule is COC(=O)C1CCN([C@H](C)C(=O)NC(=O)NCc2ccccc2)CC1. The number of benzene rings is 1. The van der Waals surface area contributed by atoms with Gasteiger partial charge in [0, 0.05) is 6.54 Å². The van der Waals surface area contributed by atoms with Crippen LogP contribution < -0.4 is 10.6 Å². The maximum absolute atomic E-state index is 12.2. The Hall–Kier alpha value is -2.41. The lowest BCUT2D eigenvalue weighted by Crippen LogP contribution is -2.51. The number of nitrogens with zero attached hydrogens (tertiary/aromatic N) is 1. The molecule has 7 heteroatoms. The molecule has 1 aromatic rings. The highest BCUT2D eigenvalue weighted by molar-refractivity contribution is 5.96. The molecule has 1 atom stereocenters. The standard InChI is InChI=1S/C18H25N3O4/c1-13(21-10-8-15(9-11-21)17(23)25-2)16(22)20-18(24)19-12-14-6-4-3-5-7-14/h3-7,13,15H,8-12H2,1-2H3,(H2,19,20,22,24)/t13-/m1/s1. The molecule has 1 aromatic carbocycles. The monoisotopic (exact) mass is 347 g/mol. The molecule has 0 radical (unpaired) electrons. The first-order chi connectivity index (χ1) is 12.0. The summed E-state index contributed by atoms with van der Waals surface area (Å²) in [6.45, 7) is 3.37. The Bertz CT molecular complexity index is 598. The molecule has 1 heterocycles. The van der Waals surface area contributed by atoms with E-state index in [9.17, 15) is 14.4 Å². The van der Waals surface area contributed by atoms with Gasteiger partial charge in [-0.25, -0.2) is 4.79 Å². The van der Waals surface area contributed by atoms with Crippen LogP contribution in [0.1, 0.15) is 25.3 Å². The van der Waals surface area contributed by atoms with Crippen LogP contribution in [-0.2, 0) is 20.9 Å². The lowest BCUT2D eigenvalue weighted by atomic mass is 9.96. The zero-order valence-corrected chi connectivity index (χ0v) is 14.7. The molecule has 1 fully saturated rings. The minimum absolute atomic E-state index is 0.106. The summed E-state index contributed by atoms with van der Waals surface area (Å²) >= 11 is 0. The molecule has 136 valence electrons. The Morgan fingerprint density at radius 3 is 2.44 bits per heavy atom. The van der Waals surface area contributed by atoms with Crippen molar-refractivity contribution >= 4 is 17.9 Å². The molecule has 3 amide bonds. The van der Waals surface area contributed by atoms with Crippen LogP contribution in [0.5, 0.6) is 0 Å². The summed E-state index contributed by atoms with van der Waals surface area (Å²) in [4.78, 5) is 37.6. The first-order valence-electron chi connectivity index (χ1n) is 8.45. The van der Waals surface area contributed by atoms with Crippen molar-refractivity contribution in [3.05, 3.63) is 35.9 Å². The number of likely N-dealkylation sites (tertiary alicyclic amines) is 1. The second-order valence-corrected chi connectivity index (χ2v) is 6.17. The van der Waals surface area contributed by atoms with Crippen molar-refractivity contribution in [2.45, 2.75) is 32.4 Å².